The van der Waals surface area contributed by atoms with Crippen LogP contribution in [0, 0.1) is 0 Å². The zero-order valence-corrected chi connectivity index (χ0v) is 17.7. The van der Waals surface area contributed by atoms with Crippen LogP contribution in [0.3, 0.4) is 0 Å². The van der Waals surface area contributed by atoms with E-state index in [0.717, 1.165) is 0 Å². The Morgan fingerprint density at radius 2 is 0.571 bits per heavy atom. The highest BCUT2D eigenvalue weighted by Crippen LogP contribution is 1.82. The molecule has 0 aliphatic rings. The third-order valence-electron chi connectivity index (χ3n) is 1.96. The topological polar surface area (TPSA) is 149 Å². The molecule has 4 N–H and O–H groups in total. The number of unbranched alkanes of at least 4 members (excludes halogenated alkanes) is 1. The van der Waals surface area contributed by atoms with Gasteiger partial charge in [0.15, 0.2) is 0 Å². The molecule has 0 saturated carbocycles. The van der Waals surface area contributed by atoms with Gasteiger partial charge in [-0.25, -0.2) is 19.2 Å². The highest BCUT2D eigenvalue weighted by molar-refractivity contribution is 5.85. The molecule has 0 radical (unpaired) electrons. The number of aliphatic carboxylic acids is 4. The summed E-state index contributed by atoms with van der Waals surface area (Å²) in [5.41, 5.74) is 0.704. The van der Waals surface area contributed by atoms with Crippen LogP contribution in [-0.2, 0) is 19.2 Å². The first-order valence-corrected chi connectivity index (χ1v) is 8.04. The van der Waals surface area contributed by atoms with E-state index in [4.69, 9.17) is 20.4 Å². The maximum atomic E-state index is 9.60. The van der Waals surface area contributed by atoms with E-state index in [1.165, 1.54) is 40.5 Å². The summed E-state index contributed by atoms with van der Waals surface area (Å²) in [5, 5.41) is 31.6. The molecule has 0 aromatic heterocycles. The van der Waals surface area contributed by atoms with E-state index in [-0.39, 0.29) is 22.3 Å². The van der Waals surface area contributed by atoms with Gasteiger partial charge >= 0.3 is 23.9 Å². The van der Waals surface area contributed by atoms with Crippen molar-refractivity contribution in [2.75, 3.05) is 0 Å². The van der Waals surface area contributed by atoms with Gasteiger partial charge in [-0.2, -0.15) is 0 Å². The van der Waals surface area contributed by atoms with Crippen molar-refractivity contribution in [1.82, 2.24) is 0 Å². The van der Waals surface area contributed by atoms with E-state index in [9.17, 15) is 19.2 Å². The number of hydrogen-bond acceptors (Lipinski definition) is 4. The minimum Gasteiger partial charge on any atom is -0.478 e. The summed E-state index contributed by atoms with van der Waals surface area (Å²) in [5.74, 6) is -3.74. The summed E-state index contributed by atoms with van der Waals surface area (Å²) < 4.78 is 0. The number of carboxylic acid groups (broad SMARTS) is 4. The van der Waals surface area contributed by atoms with Gasteiger partial charge in [0.1, 0.15) is 0 Å². The molecule has 0 bridgehead atoms. The average molecular weight is 402 g/mol. The van der Waals surface area contributed by atoms with Gasteiger partial charge in [-0.1, -0.05) is 53.0 Å². The fraction of sp³-hybridized carbons (Fsp3) is 0.400. The highest BCUT2D eigenvalue weighted by Gasteiger charge is 1.91. The SMILES string of the molecule is C=C(C)C(=O)O.C=C(C)C(=O)O.C=C(C)C(=O)O.C=C(C)C(=O)O.CCCC. The lowest BCUT2D eigenvalue weighted by Crippen LogP contribution is -1.92. The van der Waals surface area contributed by atoms with Crippen LogP contribution in [0.5, 0.6) is 0 Å². The molecule has 0 heterocycles. The van der Waals surface area contributed by atoms with Gasteiger partial charge in [0.2, 0.25) is 0 Å². The Morgan fingerprint density at radius 3 is 0.571 bits per heavy atom. The van der Waals surface area contributed by atoms with Crippen molar-refractivity contribution < 1.29 is 39.6 Å². The van der Waals surface area contributed by atoms with Crippen LogP contribution in [0.15, 0.2) is 48.6 Å². The van der Waals surface area contributed by atoms with E-state index in [1.54, 1.807) is 0 Å². The standard InChI is InChI=1S/4C4H6O2.C4H10/c4*1-3(2)4(5)6;1-3-4-2/h4*1H2,2H3,(H,5,6);3-4H2,1-2H3. The van der Waals surface area contributed by atoms with Crippen LogP contribution < -0.4 is 0 Å². The predicted octanol–water partition coefficient (Wildman–Crippen LogP) is 4.39. The molecule has 0 atom stereocenters. The Bertz CT molecular complexity index is 411. The number of carbonyl (C=O) groups is 4. The second-order valence-corrected chi connectivity index (χ2v) is 5.34. The smallest absolute Gasteiger partial charge is 0.330 e. The lowest BCUT2D eigenvalue weighted by Gasteiger charge is -1.79. The van der Waals surface area contributed by atoms with Crippen molar-refractivity contribution in [3.8, 4) is 0 Å². The molecule has 8 heteroatoms. The van der Waals surface area contributed by atoms with Crippen molar-refractivity contribution in [3.05, 3.63) is 48.6 Å². The summed E-state index contributed by atoms with van der Waals surface area (Å²) in [6.45, 7) is 22.8. The fourth-order valence-corrected chi connectivity index (χ4v) is 0. The van der Waals surface area contributed by atoms with Crippen LogP contribution in [-0.4, -0.2) is 44.3 Å². The van der Waals surface area contributed by atoms with Crippen molar-refractivity contribution >= 4 is 23.9 Å². The summed E-state index contributed by atoms with van der Waals surface area (Å²) in [4.78, 5) is 38.4. The van der Waals surface area contributed by atoms with Gasteiger partial charge in [-0.3, -0.25) is 0 Å². The van der Waals surface area contributed by atoms with Crippen molar-refractivity contribution in [1.29, 1.82) is 0 Å². The summed E-state index contributed by atoms with van der Waals surface area (Å²) in [7, 11) is 0. The quantitative estimate of drug-likeness (QED) is 0.494. The number of rotatable bonds is 5. The van der Waals surface area contributed by atoms with Gasteiger partial charge in [0, 0.05) is 22.3 Å². The maximum Gasteiger partial charge on any atom is 0.330 e. The van der Waals surface area contributed by atoms with Gasteiger partial charge < -0.3 is 20.4 Å². The normalized spacial score (nSPS) is 7.50. The van der Waals surface area contributed by atoms with E-state index >= 15 is 0 Å². The van der Waals surface area contributed by atoms with Crippen LogP contribution in [0.2, 0.25) is 0 Å². The zero-order valence-electron chi connectivity index (χ0n) is 17.7. The lowest BCUT2D eigenvalue weighted by atomic mass is 10.4. The molecule has 0 rings (SSSR count). The van der Waals surface area contributed by atoms with Crippen LogP contribution >= 0.6 is 0 Å². The molecule has 162 valence electrons. The highest BCUT2D eigenvalue weighted by atomic mass is 16.4. The predicted molar refractivity (Wildman–Crippen MR) is 110 cm³/mol. The Balaban J connectivity index is -0.0000000793. The molecule has 0 aromatic rings. The Morgan fingerprint density at radius 1 is 0.500 bits per heavy atom. The number of carboxylic acids is 4. The Labute approximate surface area is 167 Å². The molecule has 0 spiro atoms. The summed E-state index contributed by atoms with van der Waals surface area (Å²) in [6.07, 6.45) is 2.64. The van der Waals surface area contributed by atoms with Gasteiger partial charge in [0.05, 0.1) is 0 Å². The molecule has 0 aliphatic carbocycles. The van der Waals surface area contributed by atoms with Crippen molar-refractivity contribution in [3.63, 3.8) is 0 Å². The molecule has 0 fully saturated rings. The molecule has 0 amide bonds. The zero-order chi connectivity index (χ0) is 24.0. The largest absolute Gasteiger partial charge is 0.478 e. The molecule has 0 aliphatic heterocycles. The lowest BCUT2D eigenvalue weighted by molar-refractivity contribution is -0.133. The van der Waals surface area contributed by atoms with E-state index in [0.29, 0.717) is 0 Å². The molecule has 0 aromatic carbocycles. The summed E-state index contributed by atoms with van der Waals surface area (Å²) in [6, 6.07) is 0. The molecule has 28 heavy (non-hydrogen) atoms. The maximum absolute atomic E-state index is 9.60. The third kappa shape index (κ3) is 56.9. The van der Waals surface area contributed by atoms with Crippen LogP contribution in [0.1, 0.15) is 54.4 Å². The Hall–Kier alpha value is -3.16. The molecule has 0 unspecified atom stereocenters. The van der Waals surface area contributed by atoms with E-state index in [2.05, 4.69) is 40.2 Å². The molecular weight excluding hydrogens is 368 g/mol. The average Bonchev–Trinajstić information content (AvgIpc) is 2.56. The Kier molecular flexibility index (Phi) is 30.5. The van der Waals surface area contributed by atoms with E-state index in [1.807, 2.05) is 0 Å². The minimum atomic E-state index is -0.935. The second-order valence-electron chi connectivity index (χ2n) is 5.34. The molecular formula is C20H34O8. The third-order valence-corrected chi connectivity index (χ3v) is 1.96. The van der Waals surface area contributed by atoms with Crippen LogP contribution in [0.25, 0.3) is 0 Å². The van der Waals surface area contributed by atoms with E-state index < -0.39 is 23.9 Å². The van der Waals surface area contributed by atoms with Crippen molar-refractivity contribution in [2.45, 2.75) is 54.4 Å². The monoisotopic (exact) mass is 402 g/mol. The summed E-state index contributed by atoms with van der Waals surface area (Å²) >= 11 is 0. The van der Waals surface area contributed by atoms with Gasteiger partial charge in [0.25, 0.3) is 0 Å². The van der Waals surface area contributed by atoms with Gasteiger partial charge in [-0.15, -0.1) is 0 Å². The van der Waals surface area contributed by atoms with Gasteiger partial charge in [-0.05, 0) is 27.7 Å². The minimum absolute atomic E-state index is 0.176. The molecule has 8 nitrogen and oxygen atoms in total. The first-order chi connectivity index (χ1) is 12.5. The molecule has 0 saturated heterocycles. The first-order valence-electron chi connectivity index (χ1n) is 8.04. The van der Waals surface area contributed by atoms with Crippen molar-refractivity contribution in [2.24, 2.45) is 0 Å². The number of hydrogen-bond donors (Lipinski definition) is 4. The van der Waals surface area contributed by atoms with Crippen LogP contribution in [0.4, 0.5) is 0 Å². The fourth-order valence-electron chi connectivity index (χ4n) is 0. The first kappa shape index (κ1) is 35.9. The second kappa shape index (κ2) is 23.8.